The van der Waals surface area contributed by atoms with Crippen LogP contribution in [0, 0.1) is 5.41 Å². The van der Waals surface area contributed by atoms with E-state index in [-0.39, 0.29) is 31.2 Å². The predicted molar refractivity (Wildman–Crippen MR) is 74.4 cm³/mol. The number of aliphatic carboxylic acids is 1. The molecule has 0 aromatic rings. The Kier molecular flexibility index (Phi) is 5.57. The molecular weight excluding hydrogens is 260 g/mol. The summed E-state index contributed by atoms with van der Waals surface area (Å²) in [6, 6.07) is 0. The van der Waals surface area contributed by atoms with Gasteiger partial charge >= 0.3 is 11.9 Å². The summed E-state index contributed by atoms with van der Waals surface area (Å²) in [5.41, 5.74) is -1.72. The van der Waals surface area contributed by atoms with Gasteiger partial charge in [-0.15, -0.1) is 0 Å². The van der Waals surface area contributed by atoms with Crippen LogP contribution in [0.4, 0.5) is 0 Å². The Balaban J connectivity index is 2.92. The largest absolute Gasteiger partial charge is 0.480 e. The molecule has 0 aromatic carbocycles. The van der Waals surface area contributed by atoms with E-state index < -0.39 is 17.4 Å². The van der Waals surface area contributed by atoms with Crippen LogP contribution in [0.25, 0.3) is 0 Å². The lowest BCUT2D eigenvalue weighted by Gasteiger charge is -2.30. The van der Waals surface area contributed by atoms with E-state index >= 15 is 0 Å². The monoisotopic (exact) mass is 286 g/mol. The quantitative estimate of drug-likeness (QED) is 0.575. The van der Waals surface area contributed by atoms with Gasteiger partial charge in [0, 0.05) is 6.42 Å². The molecule has 0 amide bonds. The van der Waals surface area contributed by atoms with Crippen LogP contribution in [0.5, 0.6) is 0 Å². The average Bonchev–Trinajstić information content (AvgIpc) is 2.67. The van der Waals surface area contributed by atoms with E-state index in [9.17, 15) is 14.7 Å². The Morgan fingerprint density at radius 1 is 1.40 bits per heavy atom. The van der Waals surface area contributed by atoms with Gasteiger partial charge in [0.1, 0.15) is 0 Å². The second-order valence-corrected chi connectivity index (χ2v) is 6.10. The summed E-state index contributed by atoms with van der Waals surface area (Å²) in [4.78, 5) is 23.9. The predicted octanol–water partition coefficient (Wildman–Crippen LogP) is 2.77. The lowest BCUT2D eigenvalue weighted by Crippen LogP contribution is -2.43. The molecule has 1 aliphatic rings. The lowest BCUT2D eigenvalue weighted by atomic mass is 9.78. The zero-order chi connectivity index (χ0) is 15.4. The van der Waals surface area contributed by atoms with Gasteiger partial charge in [-0.2, -0.15) is 0 Å². The Bertz CT molecular complexity index is 363. The number of carbonyl (C=O) groups excluding carboxylic acids is 1. The second kappa shape index (κ2) is 6.57. The van der Waals surface area contributed by atoms with Crippen LogP contribution in [0.3, 0.4) is 0 Å². The molecule has 0 aliphatic carbocycles. The zero-order valence-corrected chi connectivity index (χ0v) is 12.9. The highest BCUT2D eigenvalue weighted by Crippen LogP contribution is 2.39. The number of hydrogen-bond acceptors (Lipinski definition) is 4. The average molecular weight is 286 g/mol. The van der Waals surface area contributed by atoms with E-state index in [2.05, 4.69) is 0 Å². The van der Waals surface area contributed by atoms with E-state index in [4.69, 9.17) is 9.47 Å². The Morgan fingerprint density at radius 2 is 2.05 bits per heavy atom. The standard InChI is InChI=1S/C15H26O5/c1-5-8-15(12(16)17,13(18)19-6-2)10-11-7-9-14(3,4)20-11/h11H,5-10H2,1-4H3,(H,16,17). The van der Waals surface area contributed by atoms with E-state index in [1.165, 1.54) is 0 Å². The summed E-state index contributed by atoms with van der Waals surface area (Å²) in [5, 5.41) is 9.59. The van der Waals surface area contributed by atoms with Gasteiger partial charge in [-0.05, 0) is 40.0 Å². The van der Waals surface area contributed by atoms with E-state index in [0.29, 0.717) is 6.42 Å². The number of carboxylic acids is 1. The van der Waals surface area contributed by atoms with Crippen molar-refractivity contribution in [1.29, 1.82) is 0 Å². The normalized spacial score (nSPS) is 24.1. The molecule has 1 aliphatic heterocycles. The van der Waals surface area contributed by atoms with Crippen LogP contribution < -0.4 is 0 Å². The van der Waals surface area contributed by atoms with Gasteiger partial charge in [0.25, 0.3) is 0 Å². The molecule has 0 bridgehead atoms. The zero-order valence-electron chi connectivity index (χ0n) is 12.9. The fourth-order valence-electron chi connectivity index (χ4n) is 2.88. The SMILES string of the molecule is CCCC(CC1CCC(C)(C)O1)(C(=O)O)C(=O)OCC. The number of ether oxygens (including phenoxy) is 2. The number of carbonyl (C=O) groups is 2. The van der Waals surface area contributed by atoms with Gasteiger partial charge in [0.2, 0.25) is 0 Å². The fourth-order valence-corrected chi connectivity index (χ4v) is 2.88. The second-order valence-electron chi connectivity index (χ2n) is 6.10. The van der Waals surface area contributed by atoms with Crippen molar-refractivity contribution >= 4 is 11.9 Å². The van der Waals surface area contributed by atoms with Gasteiger partial charge in [-0.1, -0.05) is 13.3 Å². The van der Waals surface area contributed by atoms with Gasteiger partial charge in [0.15, 0.2) is 5.41 Å². The highest BCUT2D eigenvalue weighted by atomic mass is 16.5. The lowest BCUT2D eigenvalue weighted by molar-refractivity contribution is -0.173. The van der Waals surface area contributed by atoms with Gasteiger partial charge < -0.3 is 14.6 Å². The smallest absolute Gasteiger partial charge is 0.323 e. The molecule has 2 unspecified atom stereocenters. The van der Waals surface area contributed by atoms with E-state index in [0.717, 1.165) is 12.8 Å². The fraction of sp³-hybridized carbons (Fsp3) is 0.867. The van der Waals surface area contributed by atoms with Crippen molar-refractivity contribution in [2.45, 2.75) is 71.5 Å². The Morgan fingerprint density at radius 3 is 2.45 bits per heavy atom. The molecule has 0 aromatic heterocycles. The highest BCUT2D eigenvalue weighted by Gasteiger charge is 2.50. The minimum absolute atomic E-state index is 0.189. The highest BCUT2D eigenvalue weighted by molar-refractivity contribution is 5.99. The van der Waals surface area contributed by atoms with Crippen molar-refractivity contribution in [2.75, 3.05) is 6.61 Å². The van der Waals surface area contributed by atoms with E-state index in [1.54, 1.807) is 6.92 Å². The minimum Gasteiger partial charge on any atom is -0.480 e. The maximum atomic E-state index is 12.2. The topological polar surface area (TPSA) is 72.8 Å². The molecule has 5 heteroatoms. The molecule has 0 spiro atoms. The van der Waals surface area contributed by atoms with Crippen LogP contribution in [-0.4, -0.2) is 35.4 Å². The molecule has 1 saturated heterocycles. The Labute approximate surface area is 120 Å². The first-order chi connectivity index (χ1) is 9.27. The summed E-state index contributed by atoms with van der Waals surface area (Å²) in [6.45, 7) is 7.72. The molecule has 1 heterocycles. The molecule has 0 radical (unpaired) electrons. The van der Waals surface area contributed by atoms with Crippen LogP contribution in [-0.2, 0) is 19.1 Å². The van der Waals surface area contributed by atoms with Crippen molar-refractivity contribution in [2.24, 2.45) is 5.41 Å². The summed E-state index contributed by atoms with van der Waals surface area (Å²) in [5.74, 6) is -1.74. The third-order valence-corrected chi connectivity index (χ3v) is 3.88. The van der Waals surface area contributed by atoms with Gasteiger partial charge in [-0.3, -0.25) is 9.59 Å². The van der Waals surface area contributed by atoms with Crippen LogP contribution in [0.15, 0.2) is 0 Å². The molecule has 5 nitrogen and oxygen atoms in total. The number of carboxylic acid groups (broad SMARTS) is 1. The minimum atomic E-state index is -1.48. The summed E-state index contributed by atoms with van der Waals surface area (Å²) in [7, 11) is 0. The van der Waals surface area contributed by atoms with Crippen LogP contribution in [0.2, 0.25) is 0 Å². The van der Waals surface area contributed by atoms with Gasteiger partial charge in [0.05, 0.1) is 18.3 Å². The van der Waals surface area contributed by atoms with Crippen molar-refractivity contribution in [3.8, 4) is 0 Å². The molecule has 0 saturated carbocycles. The van der Waals surface area contributed by atoms with E-state index in [1.807, 2.05) is 20.8 Å². The first-order valence-corrected chi connectivity index (χ1v) is 7.36. The number of hydrogen-bond donors (Lipinski definition) is 1. The maximum Gasteiger partial charge on any atom is 0.323 e. The molecular formula is C15H26O5. The van der Waals surface area contributed by atoms with Gasteiger partial charge in [-0.25, -0.2) is 0 Å². The Hall–Kier alpha value is -1.10. The summed E-state index contributed by atoms with van der Waals surface area (Å²) < 4.78 is 10.9. The first-order valence-electron chi connectivity index (χ1n) is 7.36. The molecule has 1 rings (SSSR count). The molecule has 20 heavy (non-hydrogen) atoms. The van der Waals surface area contributed by atoms with Crippen molar-refractivity contribution in [1.82, 2.24) is 0 Å². The molecule has 116 valence electrons. The van der Waals surface area contributed by atoms with Crippen molar-refractivity contribution in [3.63, 3.8) is 0 Å². The molecule has 1 fully saturated rings. The number of esters is 1. The van der Waals surface area contributed by atoms with Crippen LogP contribution in [0.1, 0.15) is 59.8 Å². The summed E-state index contributed by atoms with van der Waals surface area (Å²) >= 11 is 0. The first kappa shape index (κ1) is 17.0. The summed E-state index contributed by atoms with van der Waals surface area (Å²) in [6.07, 6.45) is 2.55. The number of rotatable bonds is 7. The molecule has 2 atom stereocenters. The maximum absolute atomic E-state index is 12.2. The molecule has 1 N–H and O–H groups in total. The van der Waals surface area contributed by atoms with Crippen molar-refractivity contribution in [3.05, 3.63) is 0 Å². The van der Waals surface area contributed by atoms with Crippen molar-refractivity contribution < 1.29 is 24.2 Å². The van der Waals surface area contributed by atoms with Crippen LogP contribution >= 0.6 is 0 Å². The third kappa shape index (κ3) is 3.72. The third-order valence-electron chi connectivity index (χ3n) is 3.88.